The molecule has 0 aliphatic carbocycles. The van der Waals surface area contributed by atoms with Crippen molar-refractivity contribution in [2.75, 3.05) is 26.0 Å². The molecular formula is C15H18BrN3O. The third kappa shape index (κ3) is 3.70. The van der Waals surface area contributed by atoms with Crippen molar-refractivity contribution in [2.24, 2.45) is 0 Å². The van der Waals surface area contributed by atoms with Crippen molar-refractivity contribution in [3.63, 3.8) is 0 Å². The first-order valence-electron chi connectivity index (χ1n) is 6.56. The van der Waals surface area contributed by atoms with Crippen molar-refractivity contribution in [1.82, 2.24) is 9.88 Å². The number of halogens is 1. The molecule has 0 bridgehead atoms. The Bertz CT molecular complexity index is 613. The topological polar surface area (TPSA) is 45.2 Å². The Kier molecular flexibility index (Phi) is 4.95. The number of pyridine rings is 1. The molecule has 0 fully saturated rings. The van der Waals surface area contributed by atoms with Crippen LogP contribution in [0.4, 0.5) is 5.69 Å². The lowest BCUT2D eigenvalue weighted by molar-refractivity contribution is -0.128. The van der Waals surface area contributed by atoms with E-state index < -0.39 is 0 Å². The summed E-state index contributed by atoms with van der Waals surface area (Å²) in [6, 6.07) is 8.09. The molecule has 0 saturated carbocycles. The fourth-order valence-corrected chi connectivity index (χ4v) is 2.31. The summed E-state index contributed by atoms with van der Waals surface area (Å²) in [5, 5.41) is 4.44. The van der Waals surface area contributed by atoms with Crippen molar-refractivity contribution in [2.45, 2.75) is 12.8 Å². The third-order valence-electron chi connectivity index (χ3n) is 3.06. The van der Waals surface area contributed by atoms with E-state index in [1.165, 1.54) is 0 Å². The van der Waals surface area contributed by atoms with Gasteiger partial charge in [0.25, 0.3) is 0 Å². The third-order valence-corrected chi connectivity index (χ3v) is 3.49. The van der Waals surface area contributed by atoms with Gasteiger partial charge in [0.05, 0.1) is 11.2 Å². The highest BCUT2D eigenvalue weighted by molar-refractivity contribution is 9.10. The lowest BCUT2D eigenvalue weighted by Gasteiger charge is -2.11. The van der Waals surface area contributed by atoms with E-state index in [0.29, 0.717) is 6.42 Å². The highest BCUT2D eigenvalue weighted by Crippen LogP contribution is 2.23. The molecule has 2 rings (SSSR count). The smallest absolute Gasteiger partial charge is 0.222 e. The Morgan fingerprint density at radius 3 is 2.95 bits per heavy atom. The summed E-state index contributed by atoms with van der Waals surface area (Å²) in [4.78, 5) is 17.5. The maximum absolute atomic E-state index is 11.5. The van der Waals surface area contributed by atoms with E-state index in [9.17, 15) is 4.79 Å². The number of benzene rings is 1. The predicted molar refractivity (Wildman–Crippen MR) is 85.9 cm³/mol. The summed E-state index contributed by atoms with van der Waals surface area (Å²) in [5.74, 6) is 0.159. The molecule has 0 atom stereocenters. The van der Waals surface area contributed by atoms with Crippen molar-refractivity contribution in [3.05, 3.63) is 34.9 Å². The van der Waals surface area contributed by atoms with Crippen LogP contribution in [0.15, 0.2) is 34.9 Å². The standard InChI is InChI=1S/C15H18BrN3O/c1-19(2)14(20)7-4-8-17-13-6-3-5-11-9-12(16)10-18-15(11)13/h3,5-6,9-10,17H,4,7-8H2,1-2H3. The van der Waals surface area contributed by atoms with E-state index >= 15 is 0 Å². The highest BCUT2D eigenvalue weighted by Gasteiger charge is 2.05. The summed E-state index contributed by atoms with van der Waals surface area (Å²) in [6.45, 7) is 0.760. The Balaban J connectivity index is 1.98. The van der Waals surface area contributed by atoms with Gasteiger partial charge in [0, 0.05) is 43.1 Å². The summed E-state index contributed by atoms with van der Waals surface area (Å²) in [5.41, 5.74) is 1.96. The lowest BCUT2D eigenvalue weighted by Crippen LogP contribution is -2.22. The first-order valence-corrected chi connectivity index (χ1v) is 7.35. The number of para-hydroxylation sites is 1. The molecule has 0 aliphatic heterocycles. The second kappa shape index (κ2) is 6.70. The van der Waals surface area contributed by atoms with Gasteiger partial charge in [0.2, 0.25) is 5.91 Å². The van der Waals surface area contributed by atoms with Crippen LogP contribution in [-0.2, 0) is 4.79 Å². The van der Waals surface area contributed by atoms with Crippen LogP contribution in [0.25, 0.3) is 10.9 Å². The van der Waals surface area contributed by atoms with Crippen LogP contribution in [0.1, 0.15) is 12.8 Å². The Labute approximate surface area is 127 Å². The van der Waals surface area contributed by atoms with E-state index in [0.717, 1.165) is 34.0 Å². The summed E-state index contributed by atoms with van der Waals surface area (Å²) in [6.07, 6.45) is 3.16. The van der Waals surface area contributed by atoms with Crippen LogP contribution in [0.3, 0.4) is 0 Å². The van der Waals surface area contributed by atoms with Crippen molar-refractivity contribution >= 4 is 38.4 Å². The molecule has 4 nitrogen and oxygen atoms in total. The van der Waals surface area contributed by atoms with Gasteiger partial charge in [-0.1, -0.05) is 12.1 Å². The number of anilines is 1. The summed E-state index contributed by atoms with van der Waals surface area (Å²) in [7, 11) is 3.56. The van der Waals surface area contributed by atoms with Gasteiger partial charge < -0.3 is 10.2 Å². The van der Waals surface area contributed by atoms with E-state index in [4.69, 9.17) is 0 Å². The minimum absolute atomic E-state index is 0.159. The molecule has 5 heteroatoms. The lowest BCUT2D eigenvalue weighted by atomic mass is 10.2. The second-order valence-electron chi connectivity index (χ2n) is 4.85. The predicted octanol–water partition coefficient (Wildman–Crippen LogP) is 3.28. The van der Waals surface area contributed by atoms with Gasteiger partial charge >= 0.3 is 0 Å². The van der Waals surface area contributed by atoms with Gasteiger partial charge in [-0.05, 0) is 34.5 Å². The number of amides is 1. The molecule has 2 aromatic rings. The fourth-order valence-electron chi connectivity index (χ4n) is 1.96. The fraction of sp³-hybridized carbons (Fsp3) is 0.333. The van der Waals surface area contributed by atoms with Crippen LogP contribution in [0.2, 0.25) is 0 Å². The minimum atomic E-state index is 0.159. The molecule has 0 unspecified atom stereocenters. The molecule has 20 heavy (non-hydrogen) atoms. The first kappa shape index (κ1) is 14.8. The molecule has 0 aliphatic rings. The Hall–Kier alpha value is -1.62. The number of rotatable bonds is 5. The second-order valence-corrected chi connectivity index (χ2v) is 5.76. The molecule has 1 heterocycles. The van der Waals surface area contributed by atoms with Crippen molar-refractivity contribution in [3.8, 4) is 0 Å². The number of nitrogens with one attached hydrogen (secondary N) is 1. The molecular weight excluding hydrogens is 318 g/mol. The van der Waals surface area contributed by atoms with Gasteiger partial charge in [-0.3, -0.25) is 9.78 Å². The van der Waals surface area contributed by atoms with E-state index in [1.807, 2.05) is 24.3 Å². The molecule has 1 N–H and O–H groups in total. The van der Waals surface area contributed by atoms with Gasteiger partial charge in [0.15, 0.2) is 0 Å². The van der Waals surface area contributed by atoms with Crippen LogP contribution in [0, 0.1) is 0 Å². The quantitative estimate of drug-likeness (QED) is 0.853. The maximum atomic E-state index is 11.5. The van der Waals surface area contributed by atoms with Crippen LogP contribution < -0.4 is 5.32 Å². The SMILES string of the molecule is CN(C)C(=O)CCCNc1cccc2cc(Br)cnc12. The highest BCUT2D eigenvalue weighted by atomic mass is 79.9. The molecule has 0 radical (unpaired) electrons. The maximum Gasteiger partial charge on any atom is 0.222 e. The Morgan fingerprint density at radius 1 is 1.40 bits per heavy atom. The number of nitrogens with zero attached hydrogens (tertiary/aromatic N) is 2. The number of hydrogen-bond donors (Lipinski definition) is 1. The van der Waals surface area contributed by atoms with Gasteiger partial charge in [-0.2, -0.15) is 0 Å². The number of aromatic nitrogens is 1. The minimum Gasteiger partial charge on any atom is -0.383 e. The molecule has 1 amide bonds. The van der Waals surface area contributed by atoms with Crippen molar-refractivity contribution in [1.29, 1.82) is 0 Å². The Morgan fingerprint density at radius 2 is 2.20 bits per heavy atom. The van der Waals surface area contributed by atoms with Crippen LogP contribution in [-0.4, -0.2) is 36.4 Å². The zero-order valence-corrected chi connectivity index (χ0v) is 13.3. The molecule has 1 aromatic carbocycles. The van der Waals surface area contributed by atoms with Crippen LogP contribution in [0.5, 0.6) is 0 Å². The van der Waals surface area contributed by atoms with E-state index in [1.54, 1.807) is 25.2 Å². The van der Waals surface area contributed by atoms with Gasteiger partial charge in [-0.25, -0.2) is 0 Å². The normalized spacial score (nSPS) is 10.6. The van der Waals surface area contributed by atoms with Gasteiger partial charge in [-0.15, -0.1) is 0 Å². The zero-order chi connectivity index (χ0) is 14.5. The monoisotopic (exact) mass is 335 g/mol. The largest absolute Gasteiger partial charge is 0.383 e. The molecule has 106 valence electrons. The van der Waals surface area contributed by atoms with Crippen molar-refractivity contribution < 1.29 is 4.79 Å². The average Bonchev–Trinajstić information content (AvgIpc) is 2.42. The average molecular weight is 336 g/mol. The van der Waals surface area contributed by atoms with E-state index in [-0.39, 0.29) is 5.91 Å². The number of hydrogen-bond acceptors (Lipinski definition) is 3. The summed E-state index contributed by atoms with van der Waals surface area (Å²) < 4.78 is 0.971. The zero-order valence-electron chi connectivity index (χ0n) is 11.7. The molecule has 0 spiro atoms. The summed E-state index contributed by atoms with van der Waals surface area (Å²) >= 11 is 3.43. The number of fused-ring (bicyclic) bond motifs is 1. The molecule has 1 aromatic heterocycles. The first-order chi connectivity index (χ1) is 9.58. The van der Waals surface area contributed by atoms with Crippen LogP contribution >= 0.6 is 15.9 Å². The van der Waals surface area contributed by atoms with Gasteiger partial charge in [0.1, 0.15) is 0 Å². The number of carbonyl (C=O) groups excluding carboxylic acids is 1. The molecule has 0 saturated heterocycles. The number of carbonyl (C=O) groups is 1. The van der Waals surface area contributed by atoms with E-state index in [2.05, 4.69) is 26.2 Å².